The van der Waals surface area contributed by atoms with Crippen LogP contribution in [0.25, 0.3) is 0 Å². The third-order valence-corrected chi connectivity index (χ3v) is 23.9. The summed E-state index contributed by atoms with van der Waals surface area (Å²) in [7, 11) is -17.6. The van der Waals surface area contributed by atoms with Gasteiger partial charge in [0, 0.05) is 35.1 Å². The van der Waals surface area contributed by atoms with Gasteiger partial charge in [0.25, 0.3) is 40.5 Å². The molecule has 12 fully saturated rings. The van der Waals surface area contributed by atoms with Gasteiger partial charge in [-0.2, -0.15) is 70.5 Å². The Labute approximate surface area is 538 Å². The lowest BCUT2D eigenvalue weighted by molar-refractivity contribution is -0.201. The first-order chi connectivity index (χ1) is 44.3. The molecule has 0 saturated carbocycles. The number of halogens is 6. The Hall–Kier alpha value is -7.24. The highest BCUT2D eigenvalue weighted by atomic mass is 32.2. The Morgan fingerprint density at radius 2 is 0.833 bits per heavy atom. The summed E-state index contributed by atoms with van der Waals surface area (Å²) in [5.41, 5.74) is 0.307. The SMILES string of the molecule is C=C(C)C(=O)OCC(=O)OC1C2CC3(C#N)C(O2)C1OS3(=O)=O.C=C(C)C(=O)OCC(=O)OC1C2CC3(C(F)(F)F)C(O2)C1OS3(=O)=O.C=C(C)C(=O)OCC(=O)OC1C2OC3C1OS(=O)(=O)C3C2C#N.C=C(C)C(=O)OCC(=O)OC1C2OS(=O)(=O)C3C2OC1C3C(F)(F)F. The van der Waals surface area contributed by atoms with E-state index in [9.17, 15) is 104 Å². The Balaban J connectivity index is 0.000000150. The molecule has 12 saturated heterocycles. The van der Waals surface area contributed by atoms with Crippen molar-refractivity contribution in [3.05, 3.63) is 48.6 Å². The molecule has 0 spiro atoms. The number of esters is 8. The average Bonchev–Trinajstić information content (AvgIpc) is 1.53. The molecule has 22 unspecified atom stereocenters. The van der Waals surface area contributed by atoms with Gasteiger partial charge in [-0.15, -0.1) is 0 Å². The molecule has 0 aromatic rings. The zero-order valence-corrected chi connectivity index (χ0v) is 52.7. The van der Waals surface area contributed by atoms with Crippen LogP contribution in [0.3, 0.4) is 0 Å². The molecule has 528 valence electrons. The van der Waals surface area contributed by atoms with Crippen LogP contribution < -0.4 is 0 Å². The number of nitrogens with zero attached hydrogens (tertiary/aromatic N) is 2. The number of rotatable bonds is 16. The minimum atomic E-state index is -5.09. The van der Waals surface area contributed by atoms with Crippen LogP contribution in [0.2, 0.25) is 0 Å². The van der Waals surface area contributed by atoms with Crippen LogP contribution in [0.4, 0.5) is 26.3 Å². The topological polar surface area (TPSA) is 468 Å². The van der Waals surface area contributed by atoms with Crippen molar-refractivity contribution < 1.29 is 172 Å². The molecule has 12 aliphatic rings. The van der Waals surface area contributed by atoms with Crippen molar-refractivity contribution in [1.82, 2.24) is 0 Å². The standard InChI is InChI=1S/2C13H13F3O8S.2C13H13NO8S/c1-5(2)11(18)21-4-7(17)23-8-6-3-12(13(14,15)16)10(22-6)9(8)24-25(12,19)20;1-4(2)12(18)21-3-5(17)22-8-7-6(13(14,15)16)11-10(23-7)9(8)24-25(11,19)20;1-6(2)12(16)19-4-8(15)21-9-7-3-13(5-14)11(20-7)10(9)22-23(13,17)18;1-5(2)13(16)19-4-7(15)20-9-8-6(3-14)12-11(21-8)10(9)22-23(12,17)18/h6,8-10H,1,3-4H2,2H3;6-11H,1,3H2,2H3;7,9-11H,1,3-4H2,2H3;6,8-12H,1,4H2,2H3. The molecular formula is C52H52F6N2O32S4. The molecule has 12 rings (SSSR count). The van der Waals surface area contributed by atoms with Gasteiger partial charge < -0.3 is 56.8 Å². The van der Waals surface area contributed by atoms with Crippen LogP contribution in [0.1, 0.15) is 40.5 Å². The van der Waals surface area contributed by atoms with Crippen molar-refractivity contribution in [1.29, 1.82) is 10.5 Å². The van der Waals surface area contributed by atoms with Crippen molar-refractivity contribution in [3.8, 4) is 12.1 Å². The number of nitriles is 2. The van der Waals surface area contributed by atoms with Crippen LogP contribution in [-0.2, 0) is 152 Å². The smallest absolute Gasteiger partial charge is 0.413 e. The monoisotopic (exact) mass is 1460 g/mol. The molecule has 0 radical (unpaired) electrons. The van der Waals surface area contributed by atoms with Crippen molar-refractivity contribution >= 4 is 88.2 Å². The van der Waals surface area contributed by atoms with Crippen molar-refractivity contribution in [2.24, 2.45) is 11.8 Å². The van der Waals surface area contributed by atoms with Gasteiger partial charge in [0.05, 0.1) is 24.2 Å². The third kappa shape index (κ3) is 12.6. The van der Waals surface area contributed by atoms with Crippen molar-refractivity contribution in [2.75, 3.05) is 26.4 Å². The van der Waals surface area contributed by atoms with Gasteiger partial charge in [0.1, 0.15) is 83.6 Å². The fourth-order valence-electron chi connectivity index (χ4n) is 12.6. The Bertz CT molecular complexity index is 3940. The van der Waals surface area contributed by atoms with E-state index in [1.54, 1.807) is 6.07 Å². The lowest BCUT2D eigenvalue weighted by Crippen LogP contribution is -2.57. The predicted molar refractivity (Wildman–Crippen MR) is 285 cm³/mol. The van der Waals surface area contributed by atoms with Gasteiger partial charge in [-0.1, -0.05) is 26.3 Å². The Morgan fingerprint density at radius 1 is 0.469 bits per heavy atom. The largest absolute Gasteiger partial charge is 0.454 e. The zero-order chi connectivity index (χ0) is 71.4. The van der Waals surface area contributed by atoms with E-state index in [1.165, 1.54) is 27.7 Å². The van der Waals surface area contributed by atoms with E-state index in [0.717, 1.165) is 0 Å². The molecule has 12 aliphatic heterocycles. The molecular weight excluding hydrogens is 1410 g/mol. The Morgan fingerprint density at radius 3 is 1.24 bits per heavy atom. The number of carbonyl (C=O) groups excluding carboxylic acids is 8. The highest BCUT2D eigenvalue weighted by Gasteiger charge is 2.85. The van der Waals surface area contributed by atoms with Gasteiger partial charge in [0.15, 0.2) is 50.8 Å². The summed E-state index contributed by atoms with van der Waals surface area (Å²) in [5.74, 6) is -10.5. The third-order valence-electron chi connectivity index (χ3n) is 16.7. The fraction of sp³-hybridized carbons (Fsp3) is 0.654. The molecule has 12 heterocycles. The lowest BCUT2D eigenvalue weighted by atomic mass is 9.84. The quantitative estimate of drug-likeness (QED) is 0.0558. The molecule has 44 heteroatoms. The van der Waals surface area contributed by atoms with E-state index in [2.05, 4.69) is 53.6 Å². The van der Waals surface area contributed by atoms with Crippen LogP contribution in [-0.4, -0.2) is 238 Å². The maximum absolute atomic E-state index is 13.4. The molecule has 96 heavy (non-hydrogen) atoms. The average molecular weight is 1460 g/mol. The second-order valence-electron chi connectivity index (χ2n) is 23.2. The van der Waals surface area contributed by atoms with Crippen LogP contribution in [0.5, 0.6) is 0 Å². The fourth-order valence-corrected chi connectivity index (χ4v) is 19.7. The molecule has 22 atom stereocenters. The molecule has 34 nitrogen and oxygen atoms in total. The summed E-state index contributed by atoms with van der Waals surface area (Å²) in [6.45, 7) is 15.9. The van der Waals surface area contributed by atoms with Gasteiger partial charge in [0.2, 0.25) is 9.49 Å². The summed E-state index contributed by atoms with van der Waals surface area (Å²) in [4.78, 5) is 91.7. The van der Waals surface area contributed by atoms with E-state index < -0.39 is 263 Å². The maximum atomic E-state index is 13.4. The number of carbonyl (C=O) groups is 8. The minimum absolute atomic E-state index is 0.0150. The molecule has 8 bridgehead atoms. The van der Waals surface area contributed by atoms with Gasteiger partial charge in [-0.3, -0.25) is 16.7 Å². The summed E-state index contributed by atoms with van der Waals surface area (Å²) in [5, 5.41) is 15.4. The summed E-state index contributed by atoms with van der Waals surface area (Å²) in [6.07, 6.45) is -30.5. The van der Waals surface area contributed by atoms with Gasteiger partial charge >= 0.3 is 60.1 Å². The first-order valence-electron chi connectivity index (χ1n) is 27.7. The highest BCUT2D eigenvalue weighted by molar-refractivity contribution is 7.89. The molecule has 0 N–H and O–H groups in total. The second kappa shape index (κ2) is 25.6. The highest BCUT2D eigenvalue weighted by Crippen LogP contribution is 2.62. The first kappa shape index (κ1) is 73.0. The number of hydrogen-bond acceptors (Lipinski definition) is 34. The number of alkyl halides is 6. The van der Waals surface area contributed by atoms with E-state index in [1.807, 2.05) is 6.07 Å². The number of fused-ring (bicyclic) bond motifs is 4. The minimum Gasteiger partial charge on any atom is -0.454 e. The normalized spacial score (nSPS) is 38.2. The van der Waals surface area contributed by atoms with Gasteiger partial charge in [-0.25, -0.2) is 38.4 Å². The second-order valence-corrected chi connectivity index (χ2v) is 30.3. The predicted octanol–water partition coefficient (Wildman–Crippen LogP) is -1.49. The lowest BCUT2D eigenvalue weighted by Gasteiger charge is -2.30. The molecule has 0 aromatic carbocycles. The molecule has 0 amide bonds. The maximum Gasteiger partial charge on any atom is 0.413 e. The van der Waals surface area contributed by atoms with Crippen LogP contribution >= 0.6 is 0 Å². The Kier molecular flexibility index (Phi) is 19.4. The van der Waals surface area contributed by atoms with E-state index in [4.69, 9.17) is 51.5 Å². The number of hydrogen-bond donors (Lipinski definition) is 0. The van der Waals surface area contributed by atoms with E-state index in [-0.39, 0.29) is 28.7 Å². The van der Waals surface area contributed by atoms with Crippen molar-refractivity contribution in [2.45, 2.75) is 171 Å². The number of ether oxygens (including phenoxy) is 12. The summed E-state index contributed by atoms with van der Waals surface area (Å²) < 4.78 is 249. The molecule has 0 aliphatic carbocycles. The van der Waals surface area contributed by atoms with Crippen LogP contribution in [0, 0.1) is 34.5 Å². The van der Waals surface area contributed by atoms with E-state index in [0.29, 0.717) is 0 Å². The first-order valence-corrected chi connectivity index (χ1v) is 33.4. The van der Waals surface area contributed by atoms with Gasteiger partial charge in [-0.05, 0) is 27.7 Å². The summed E-state index contributed by atoms with van der Waals surface area (Å²) in [6, 6.07) is 3.63. The molecule has 0 aromatic heterocycles. The summed E-state index contributed by atoms with van der Waals surface area (Å²) >= 11 is 0. The van der Waals surface area contributed by atoms with Crippen LogP contribution in [0.15, 0.2) is 48.6 Å². The van der Waals surface area contributed by atoms with E-state index >= 15 is 0 Å². The zero-order valence-electron chi connectivity index (χ0n) is 49.5. The van der Waals surface area contributed by atoms with Crippen molar-refractivity contribution in [3.63, 3.8) is 0 Å².